The van der Waals surface area contributed by atoms with E-state index in [2.05, 4.69) is 53.2 Å². The van der Waals surface area contributed by atoms with Crippen LogP contribution in [0, 0.1) is 0 Å². The third kappa shape index (κ3) is 36.1. The number of aliphatic hydroxyl groups excluding tert-OH is 9. The van der Waals surface area contributed by atoms with E-state index in [1.165, 1.54) is 20.8 Å². The van der Waals surface area contributed by atoms with E-state index in [1.807, 2.05) is 6.92 Å². The Bertz CT molecular complexity index is 2290. The van der Waals surface area contributed by atoms with E-state index in [1.54, 1.807) is 0 Å². The van der Waals surface area contributed by atoms with Gasteiger partial charge in [0.25, 0.3) is 0 Å². The summed E-state index contributed by atoms with van der Waals surface area (Å²) in [5, 5.41) is 118. The molecule has 3 aliphatic rings. The van der Waals surface area contributed by atoms with Crippen LogP contribution in [-0.2, 0) is 85.8 Å². The van der Waals surface area contributed by atoms with Crippen LogP contribution in [0.15, 0.2) is 0 Å². The first-order valence-electron chi connectivity index (χ1n) is 34.5. The highest BCUT2D eigenvalue weighted by molar-refractivity contribution is 5.78. The molecule has 0 aromatic heterocycles. The lowest BCUT2D eigenvalue weighted by molar-refractivity contribution is -0.270. The fraction of sp³-hybridized carbons (Fsp3) is 0.857. The lowest BCUT2D eigenvalue weighted by Crippen LogP contribution is -2.64. The van der Waals surface area contributed by atoms with Gasteiger partial charge in [0.2, 0.25) is 53.2 Å². The van der Waals surface area contributed by atoms with Gasteiger partial charge in [0.1, 0.15) is 60.9 Å². The Kier molecular flexibility index (Phi) is 45.0. The number of hydrogen-bond donors (Lipinski definition) is 19. The van der Waals surface area contributed by atoms with E-state index in [0.717, 1.165) is 0 Å². The van der Waals surface area contributed by atoms with Gasteiger partial charge in [-0.1, -0.05) is 6.92 Å². The average Bonchev–Trinajstić information content (AvgIpc) is 0.811. The molecular weight excluding hydrogens is 1330 g/mol. The van der Waals surface area contributed by atoms with Gasteiger partial charge in [0, 0.05) is 118 Å². The van der Waals surface area contributed by atoms with Crippen molar-refractivity contribution in [1.82, 2.24) is 53.2 Å². The third-order valence-electron chi connectivity index (χ3n) is 16.1. The maximum atomic E-state index is 12.8. The first-order valence-corrected chi connectivity index (χ1v) is 34.5. The molecule has 3 saturated heterocycles. The second-order valence-electron chi connectivity index (χ2n) is 24.8. The van der Waals surface area contributed by atoms with Gasteiger partial charge in [0.15, 0.2) is 18.9 Å². The van der Waals surface area contributed by atoms with Crippen molar-refractivity contribution < 1.29 is 132 Å². The normalized spacial score (nSPS) is 24.8. The number of carbonyl (C=O) groups excluding carboxylic acids is 9. The van der Waals surface area contributed by atoms with Crippen molar-refractivity contribution in [2.75, 3.05) is 125 Å². The Labute approximate surface area is 582 Å². The summed E-state index contributed by atoms with van der Waals surface area (Å²) in [5.74, 6) is -2.99. The summed E-state index contributed by atoms with van der Waals surface area (Å²) in [7, 11) is 0. The number of likely N-dealkylation sites (N-methyl/N-ethyl adjacent to an activating group) is 1. The molecule has 37 nitrogen and oxygen atoms in total. The van der Waals surface area contributed by atoms with Gasteiger partial charge in [-0.15, -0.1) is 0 Å². The topological polar surface area (TPSA) is 539 Å². The van der Waals surface area contributed by atoms with Crippen molar-refractivity contribution in [3.8, 4) is 0 Å². The lowest BCUT2D eigenvalue weighted by Gasteiger charge is -2.42. The second kappa shape index (κ2) is 50.8. The Morgan fingerprint density at radius 2 is 0.810 bits per heavy atom. The molecular formula is C63H114N10O27. The van der Waals surface area contributed by atoms with Gasteiger partial charge in [-0.2, -0.15) is 0 Å². The molecule has 0 aromatic rings. The number of rotatable bonds is 53. The van der Waals surface area contributed by atoms with Gasteiger partial charge < -0.3 is 142 Å². The van der Waals surface area contributed by atoms with Gasteiger partial charge in [-0.3, -0.25) is 43.2 Å². The molecule has 0 radical (unpaired) electrons. The molecule has 0 aromatic carbocycles. The van der Waals surface area contributed by atoms with Crippen LogP contribution in [0.5, 0.6) is 0 Å². The predicted molar refractivity (Wildman–Crippen MR) is 350 cm³/mol. The highest BCUT2D eigenvalue weighted by Gasteiger charge is 2.47. The molecule has 0 bridgehead atoms. The van der Waals surface area contributed by atoms with E-state index in [0.29, 0.717) is 51.5 Å². The summed E-state index contributed by atoms with van der Waals surface area (Å²) in [6.45, 7) is 6.10. The van der Waals surface area contributed by atoms with E-state index in [4.69, 9.17) is 42.6 Å². The Morgan fingerprint density at radius 1 is 0.440 bits per heavy atom. The summed E-state index contributed by atoms with van der Waals surface area (Å²) >= 11 is 0. The summed E-state index contributed by atoms with van der Waals surface area (Å²) in [5.41, 5.74) is -0.999. The van der Waals surface area contributed by atoms with Crippen molar-refractivity contribution in [1.29, 1.82) is 0 Å². The van der Waals surface area contributed by atoms with Crippen LogP contribution < -0.4 is 53.2 Å². The summed E-state index contributed by atoms with van der Waals surface area (Å²) in [4.78, 5) is 111. The fourth-order valence-electron chi connectivity index (χ4n) is 10.7. The molecule has 100 heavy (non-hydrogen) atoms. The largest absolute Gasteiger partial charge is 0.394 e. The molecule has 9 amide bonds. The van der Waals surface area contributed by atoms with Crippen LogP contribution in [-0.4, -0.2) is 322 Å². The minimum Gasteiger partial charge on any atom is -0.394 e. The number of ether oxygens (including phenoxy) is 9. The average molecular weight is 1440 g/mol. The third-order valence-corrected chi connectivity index (χ3v) is 16.1. The van der Waals surface area contributed by atoms with Crippen LogP contribution in [0.25, 0.3) is 0 Å². The van der Waals surface area contributed by atoms with Gasteiger partial charge >= 0.3 is 0 Å². The predicted octanol–water partition coefficient (Wildman–Crippen LogP) is -7.19. The van der Waals surface area contributed by atoms with Gasteiger partial charge in [0.05, 0.1) is 83.8 Å². The molecule has 578 valence electrons. The van der Waals surface area contributed by atoms with Crippen molar-refractivity contribution in [2.24, 2.45) is 0 Å². The van der Waals surface area contributed by atoms with Crippen molar-refractivity contribution in [3.05, 3.63) is 0 Å². The van der Waals surface area contributed by atoms with Crippen molar-refractivity contribution in [3.63, 3.8) is 0 Å². The van der Waals surface area contributed by atoms with Crippen LogP contribution >= 0.6 is 0 Å². The van der Waals surface area contributed by atoms with Crippen molar-refractivity contribution >= 4 is 53.2 Å². The van der Waals surface area contributed by atoms with E-state index < -0.39 is 129 Å². The quantitative estimate of drug-likeness (QED) is 0.0252. The molecule has 3 rings (SSSR count). The smallest absolute Gasteiger partial charge is 0.222 e. The molecule has 37 heteroatoms. The Morgan fingerprint density at radius 3 is 1.17 bits per heavy atom. The van der Waals surface area contributed by atoms with Gasteiger partial charge in [-0.25, -0.2) is 0 Å². The maximum Gasteiger partial charge on any atom is 0.222 e. The Hall–Kier alpha value is -5.53. The molecule has 15 atom stereocenters. The minimum atomic E-state index is -1.44. The zero-order valence-electron chi connectivity index (χ0n) is 58.1. The Balaban J connectivity index is 1.40. The molecule has 3 heterocycles. The van der Waals surface area contributed by atoms with Crippen LogP contribution in [0.4, 0.5) is 0 Å². The summed E-state index contributed by atoms with van der Waals surface area (Å²) in [6.07, 6.45) is -11.3. The van der Waals surface area contributed by atoms with Crippen LogP contribution in [0.1, 0.15) is 124 Å². The standard InChI is InChI=1S/C63H114N10O27/c1-5-70-63(36-92-28-17-50(84)67-23-10-20-64-47(81)13-6-8-26-95-61-54(72-40(3)78)59(90)57(88)45(33-75)99-61,37-93-29-18-51(85)68-24-11-21-65-48(82)14-7-9-27-96-62-55(73-41(4)79)60(91)58(89)46(34-76)100-62)38-94-30-19-52(86)69-25-12-22-66-49(83)16-15-42(71-39(2)77)35-97-53-31-43(80)56(87)44(32-74)98-53/h42-46,53-62,70,74-76,80,87-91H,5-38H2,1-4H3,(H,64,81)(H,65,82)(H,66,83)(H,67,84)(H,68,85)(H,69,86)(H,71,77)(H,72,78)(H,73,79)/t42?,43-,44-,45-,46-,53-,54-,55-,56-,57+,58+,59-,60-,61-,62-/m1/s1. The maximum absolute atomic E-state index is 12.8. The number of nitrogens with one attached hydrogen (secondary N) is 10. The molecule has 3 fully saturated rings. The van der Waals surface area contributed by atoms with E-state index in [-0.39, 0.29) is 191 Å². The highest BCUT2D eigenvalue weighted by atomic mass is 16.7. The minimum absolute atomic E-state index is 0.00158. The number of unbranched alkanes of at least 4 members (excludes halogenated alkanes) is 2. The van der Waals surface area contributed by atoms with E-state index >= 15 is 0 Å². The van der Waals surface area contributed by atoms with E-state index in [9.17, 15) is 89.1 Å². The van der Waals surface area contributed by atoms with Crippen molar-refractivity contribution in [2.45, 2.75) is 221 Å². The molecule has 0 aliphatic carbocycles. The molecule has 1 unspecified atom stereocenters. The zero-order chi connectivity index (χ0) is 73.8. The molecule has 19 N–H and O–H groups in total. The van der Waals surface area contributed by atoms with Gasteiger partial charge in [-0.05, 0) is 57.9 Å². The molecule has 3 aliphatic heterocycles. The summed E-state index contributed by atoms with van der Waals surface area (Å²) in [6, 6.07) is -2.73. The number of carbonyl (C=O) groups is 9. The lowest BCUT2D eigenvalue weighted by atomic mass is 9.97. The van der Waals surface area contributed by atoms with Crippen LogP contribution in [0.2, 0.25) is 0 Å². The molecule has 0 spiro atoms. The summed E-state index contributed by atoms with van der Waals surface area (Å²) < 4.78 is 51.7. The molecule has 0 saturated carbocycles. The number of aliphatic hydroxyl groups is 9. The first-order chi connectivity index (χ1) is 47.8. The first kappa shape index (κ1) is 88.7. The SMILES string of the molecule is CCNC(COCCC(=O)NCCCNC(=O)CCCCO[C@@H]1O[C@H](CO)[C@H](O)[C@H](O)[C@H]1NC(C)=O)(COCCC(=O)NCCCNC(=O)CCCCO[C@@H]1O[C@H](CO)[C@H](O)[C@H](O)[C@H]1NC(C)=O)COCCC(=O)NCCCNC(=O)CCC(CO[C@H]1C[C@@H](O)[C@@H](O)[C@@H](CO)O1)NC(C)=O. The second-order valence-corrected chi connectivity index (χ2v) is 24.8. The highest BCUT2D eigenvalue weighted by Crippen LogP contribution is 2.25. The zero-order valence-corrected chi connectivity index (χ0v) is 58.1. The number of hydrogen-bond acceptors (Lipinski definition) is 28. The number of amides is 9. The monoisotopic (exact) mass is 1440 g/mol. The van der Waals surface area contributed by atoms with Crippen LogP contribution in [0.3, 0.4) is 0 Å². The fourth-order valence-corrected chi connectivity index (χ4v) is 10.7.